The maximum Gasteiger partial charge on any atom is 0.327 e. The monoisotopic (exact) mass is 177 g/mol. The van der Waals surface area contributed by atoms with E-state index in [9.17, 15) is 13.2 Å². The van der Waals surface area contributed by atoms with E-state index in [2.05, 4.69) is 4.99 Å². The molecule has 0 radical (unpaired) electrons. The molecule has 1 fully saturated rings. The van der Waals surface area contributed by atoms with E-state index in [1.165, 1.54) is 14.1 Å². The number of rotatable bonds is 0. The molecule has 0 aliphatic carbocycles. The Labute approximate surface area is 64.1 Å². The van der Waals surface area contributed by atoms with E-state index >= 15 is 0 Å². The molecule has 1 rings (SSSR count). The lowest BCUT2D eigenvalue weighted by molar-refractivity contribution is -0.118. The van der Waals surface area contributed by atoms with Gasteiger partial charge in [0.05, 0.1) is 0 Å². The minimum Gasteiger partial charge on any atom is -0.266 e. The van der Waals surface area contributed by atoms with Gasteiger partial charge in [0.15, 0.2) is 0 Å². The van der Waals surface area contributed by atoms with Crippen molar-refractivity contribution in [3.8, 4) is 0 Å². The Kier molecular flexibility index (Phi) is 1.59. The Morgan fingerprint density at radius 1 is 1.55 bits per heavy atom. The highest BCUT2D eigenvalue weighted by molar-refractivity contribution is 7.89. The first-order chi connectivity index (χ1) is 4.99. The highest BCUT2D eigenvalue weighted by Crippen LogP contribution is 2.03. The van der Waals surface area contributed by atoms with E-state index in [0.717, 1.165) is 0 Å². The van der Waals surface area contributed by atoms with E-state index in [4.69, 9.17) is 0 Å². The molecule has 7 heteroatoms. The van der Waals surface area contributed by atoms with Gasteiger partial charge in [-0.05, 0) is 0 Å². The van der Waals surface area contributed by atoms with Gasteiger partial charge in [-0.2, -0.15) is 8.42 Å². The molecule has 0 bridgehead atoms. The smallest absolute Gasteiger partial charge is 0.266 e. The SMILES string of the molecule is CN=C1NS(=O)(=O)N(C)C1=O. The maximum atomic E-state index is 10.9. The minimum absolute atomic E-state index is 0.146. The van der Waals surface area contributed by atoms with Crippen molar-refractivity contribution in [1.29, 1.82) is 0 Å². The second-order valence-corrected chi connectivity index (χ2v) is 3.65. The van der Waals surface area contributed by atoms with Crippen LogP contribution in [-0.4, -0.2) is 38.6 Å². The van der Waals surface area contributed by atoms with E-state index < -0.39 is 16.1 Å². The highest BCUT2D eigenvalue weighted by Gasteiger charge is 2.36. The standard InChI is InChI=1S/C4H7N3O3S/c1-5-3-4(8)7(2)11(9,10)6-3/h1-2H3,(H,5,6). The fraction of sp³-hybridized carbons (Fsp3) is 0.500. The van der Waals surface area contributed by atoms with Gasteiger partial charge in [-0.3, -0.25) is 9.79 Å². The molecule has 0 unspecified atom stereocenters. The van der Waals surface area contributed by atoms with Crippen molar-refractivity contribution in [2.75, 3.05) is 14.1 Å². The lowest BCUT2D eigenvalue weighted by Crippen LogP contribution is -2.27. The average Bonchev–Trinajstić information content (AvgIpc) is 2.13. The lowest BCUT2D eigenvalue weighted by Gasteiger charge is -2.01. The fourth-order valence-electron chi connectivity index (χ4n) is 0.634. The summed E-state index contributed by atoms with van der Waals surface area (Å²) in [6.07, 6.45) is 0. The largest absolute Gasteiger partial charge is 0.327 e. The van der Waals surface area contributed by atoms with Crippen molar-refractivity contribution in [1.82, 2.24) is 9.03 Å². The molecule has 0 aromatic rings. The minimum atomic E-state index is -3.63. The molecule has 62 valence electrons. The van der Waals surface area contributed by atoms with Crippen molar-refractivity contribution in [2.24, 2.45) is 4.99 Å². The molecule has 1 amide bonds. The van der Waals surface area contributed by atoms with Crippen LogP contribution in [0.4, 0.5) is 0 Å². The van der Waals surface area contributed by atoms with E-state index in [1.807, 2.05) is 4.72 Å². The van der Waals surface area contributed by atoms with Crippen LogP contribution in [-0.2, 0) is 15.0 Å². The number of aliphatic imine (C=N–C) groups is 1. The Bertz CT molecular complexity index is 317. The van der Waals surface area contributed by atoms with Gasteiger partial charge in [-0.1, -0.05) is 0 Å². The molecule has 1 aliphatic heterocycles. The van der Waals surface area contributed by atoms with Gasteiger partial charge in [0.2, 0.25) is 5.84 Å². The van der Waals surface area contributed by atoms with Crippen LogP contribution in [0.1, 0.15) is 0 Å². The summed E-state index contributed by atoms with van der Waals surface area (Å²) in [6.45, 7) is 0. The van der Waals surface area contributed by atoms with Crippen molar-refractivity contribution in [3.63, 3.8) is 0 Å². The summed E-state index contributed by atoms with van der Waals surface area (Å²) in [7, 11) is -1.12. The van der Waals surface area contributed by atoms with Crippen molar-refractivity contribution >= 4 is 22.0 Å². The molecule has 1 heterocycles. The molecule has 0 spiro atoms. The van der Waals surface area contributed by atoms with E-state index in [1.54, 1.807) is 0 Å². The van der Waals surface area contributed by atoms with Crippen LogP contribution in [0.5, 0.6) is 0 Å². The molecule has 11 heavy (non-hydrogen) atoms. The normalized spacial score (nSPS) is 25.8. The summed E-state index contributed by atoms with van der Waals surface area (Å²) < 4.78 is 24.3. The van der Waals surface area contributed by atoms with Crippen molar-refractivity contribution in [3.05, 3.63) is 0 Å². The quantitative estimate of drug-likeness (QED) is 0.480. The molecular weight excluding hydrogens is 170 g/mol. The predicted molar refractivity (Wildman–Crippen MR) is 38.2 cm³/mol. The van der Waals surface area contributed by atoms with Crippen molar-refractivity contribution in [2.45, 2.75) is 0 Å². The number of carbonyl (C=O) groups is 1. The molecule has 0 aromatic carbocycles. The molecule has 1 aliphatic rings. The lowest BCUT2D eigenvalue weighted by atomic mass is 10.6. The summed E-state index contributed by atoms with van der Waals surface area (Å²) in [5, 5.41) is 0. The molecule has 6 nitrogen and oxygen atoms in total. The maximum absolute atomic E-state index is 10.9. The Hall–Kier alpha value is -1.11. The summed E-state index contributed by atoms with van der Waals surface area (Å²) in [5.41, 5.74) is 0. The van der Waals surface area contributed by atoms with Crippen LogP contribution < -0.4 is 4.72 Å². The topological polar surface area (TPSA) is 78.8 Å². The van der Waals surface area contributed by atoms with Gasteiger partial charge >= 0.3 is 16.1 Å². The molecule has 1 saturated heterocycles. The Morgan fingerprint density at radius 3 is 2.27 bits per heavy atom. The first kappa shape index (κ1) is 7.99. The predicted octanol–water partition coefficient (Wildman–Crippen LogP) is -1.68. The fourth-order valence-corrected chi connectivity index (χ4v) is 1.50. The zero-order valence-corrected chi connectivity index (χ0v) is 6.84. The van der Waals surface area contributed by atoms with Gasteiger partial charge in [-0.25, -0.2) is 9.03 Å². The molecule has 1 N–H and O–H groups in total. The number of hydrogen-bond acceptors (Lipinski definition) is 4. The first-order valence-corrected chi connectivity index (χ1v) is 4.21. The molecule has 0 atom stereocenters. The molecular formula is C4H7N3O3S. The summed E-state index contributed by atoms with van der Waals surface area (Å²) >= 11 is 0. The van der Waals surface area contributed by atoms with Crippen LogP contribution in [0.15, 0.2) is 4.99 Å². The number of likely N-dealkylation sites (N-methyl/N-ethyl adjacent to an activating group) is 1. The van der Waals surface area contributed by atoms with Crippen LogP contribution >= 0.6 is 0 Å². The number of amides is 1. The van der Waals surface area contributed by atoms with Gasteiger partial charge in [-0.15, -0.1) is 0 Å². The number of carbonyl (C=O) groups excluding carboxylic acids is 1. The number of nitrogens with zero attached hydrogens (tertiary/aromatic N) is 2. The first-order valence-electron chi connectivity index (χ1n) is 2.77. The number of hydrogen-bond donors (Lipinski definition) is 1. The van der Waals surface area contributed by atoms with Gasteiger partial charge in [0.25, 0.3) is 0 Å². The van der Waals surface area contributed by atoms with Crippen LogP contribution in [0.2, 0.25) is 0 Å². The van der Waals surface area contributed by atoms with Gasteiger partial charge in [0.1, 0.15) is 0 Å². The van der Waals surface area contributed by atoms with Gasteiger partial charge < -0.3 is 0 Å². The van der Waals surface area contributed by atoms with E-state index in [0.29, 0.717) is 4.31 Å². The second-order valence-electron chi connectivity index (χ2n) is 1.95. The van der Waals surface area contributed by atoms with Crippen molar-refractivity contribution < 1.29 is 13.2 Å². The highest BCUT2D eigenvalue weighted by atomic mass is 32.2. The number of nitrogens with one attached hydrogen (secondary N) is 1. The van der Waals surface area contributed by atoms with Gasteiger partial charge in [0, 0.05) is 14.1 Å². The zero-order chi connectivity index (χ0) is 8.65. The zero-order valence-electron chi connectivity index (χ0n) is 6.03. The number of amidine groups is 1. The third-order valence-electron chi connectivity index (χ3n) is 1.30. The average molecular weight is 177 g/mol. The third kappa shape index (κ3) is 1.07. The second kappa shape index (κ2) is 2.19. The summed E-state index contributed by atoms with van der Waals surface area (Å²) in [5.74, 6) is -0.778. The molecule has 0 saturated carbocycles. The summed E-state index contributed by atoms with van der Waals surface area (Å²) in [4.78, 5) is 14.4. The third-order valence-corrected chi connectivity index (χ3v) is 2.64. The van der Waals surface area contributed by atoms with E-state index in [-0.39, 0.29) is 5.84 Å². The van der Waals surface area contributed by atoms with Crippen LogP contribution in [0.25, 0.3) is 0 Å². The summed E-state index contributed by atoms with van der Waals surface area (Å²) in [6, 6.07) is 0. The molecule has 0 aromatic heterocycles. The Morgan fingerprint density at radius 2 is 2.09 bits per heavy atom. The van der Waals surface area contributed by atoms with Crippen LogP contribution in [0.3, 0.4) is 0 Å². The van der Waals surface area contributed by atoms with Crippen LogP contribution in [0, 0.1) is 0 Å². The Balaban J connectivity index is 3.16.